The fourth-order valence-electron chi connectivity index (χ4n) is 4.01. The number of unbranched alkanes of at least 4 members (excludes halogenated alkanes) is 1. The Morgan fingerprint density at radius 1 is 1.17 bits per heavy atom. The van der Waals surface area contributed by atoms with Crippen molar-refractivity contribution in [3.8, 4) is 11.5 Å². The van der Waals surface area contributed by atoms with Crippen LogP contribution in [-0.2, 0) is 4.79 Å². The molecule has 6 nitrogen and oxygen atoms in total. The summed E-state index contributed by atoms with van der Waals surface area (Å²) in [7, 11) is 1.60. The first-order chi connectivity index (χ1) is 14.0. The maximum atomic E-state index is 13.1. The SMILES string of the molecule is CCCC[C@H]1C=CCN1C(=O)c1ccc(OC)c(OC2CCN(C(C)=O)CC2)c1. The summed E-state index contributed by atoms with van der Waals surface area (Å²) in [4.78, 5) is 28.4. The smallest absolute Gasteiger partial charge is 0.254 e. The number of amides is 2. The van der Waals surface area contributed by atoms with E-state index in [4.69, 9.17) is 9.47 Å². The molecule has 2 aliphatic heterocycles. The standard InChI is InChI=1S/C23H32N2O4/c1-4-5-7-19-8-6-13-25(19)23(27)18-9-10-21(28-3)22(16-18)29-20-11-14-24(15-12-20)17(2)26/h6,8-10,16,19-20H,4-5,7,11-15H2,1-3H3/t19-/m0/s1. The highest BCUT2D eigenvalue weighted by Gasteiger charge is 2.27. The number of likely N-dealkylation sites (tertiary alicyclic amines) is 1. The Kier molecular flexibility index (Phi) is 7.18. The van der Waals surface area contributed by atoms with Crippen LogP contribution >= 0.6 is 0 Å². The lowest BCUT2D eigenvalue weighted by molar-refractivity contribution is -0.130. The number of methoxy groups -OCH3 is 1. The molecule has 0 bridgehead atoms. The van der Waals surface area contributed by atoms with Crippen molar-refractivity contribution in [3.05, 3.63) is 35.9 Å². The lowest BCUT2D eigenvalue weighted by Crippen LogP contribution is -2.40. The summed E-state index contributed by atoms with van der Waals surface area (Å²) in [6.07, 6.45) is 8.98. The van der Waals surface area contributed by atoms with E-state index in [1.165, 1.54) is 0 Å². The molecule has 0 unspecified atom stereocenters. The van der Waals surface area contributed by atoms with Crippen molar-refractivity contribution in [2.45, 2.75) is 58.1 Å². The number of benzene rings is 1. The number of ether oxygens (including phenoxy) is 2. The molecule has 0 radical (unpaired) electrons. The van der Waals surface area contributed by atoms with Crippen LogP contribution in [0.2, 0.25) is 0 Å². The molecule has 2 heterocycles. The van der Waals surface area contributed by atoms with Crippen LogP contribution in [0.1, 0.15) is 56.3 Å². The molecule has 1 aromatic carbocycles. The van der Waals surface area contributed by atoms with E-state index in [0.29, 0.717) is 36.7 Å². The second-order valence-corrected chi connectivity index (χ2v) is 7.78. The third-order valence-electron chi connectivity index (χ3n) is 5.77. The number of piperidine rings is 1. The molecular formula is C23H32N2O4. The number of rotatable bonds is 7. The Labute approximate surface area is 173 Å². The average molecular weight is 401 g/mol. The van der Waals surface area contributed by atoms with Gasteiger partial charge in [0.15, 0.2) is 11.5 Å². The molecule has 6 heteroatoms. The van der Waals surface area contributed by atoms with Gasteiger partial charge in [-0.3, -0.25) is 9.59 Å². The minimum absolute atomic E-state index is 0.00982. The molecule has 0 N–H and O–H groups in total. The van der Waals surface area contributed by atoms with Crippen LogP contribution in [0.5, 0.6) is 11.5 Å². The minimum atomic E-state index is 0.00982. The van der Waals surface area contributed by atoms with Gasteiger partial charge in [-0.2, -0.15) is 0 Å². The monoisotopic (exact) mass is 400 g/mol. The molecule has 3 rings (SSSR count). The lowest BCUT2D eigenvalue weighted by Gasteiger charge is -2.32. The highest BCUT2D eigenvalue weighted by molar-refractivity contribution is 5.95. The molecule has 0 saturated carbocycles. The van der Waals surface area contributed by atoms with Gasteiger partial charge < -0.3 is 19.3 Å². The van der Waals surface area contributed by atoms with E-state index in [-0.39, 0.29) is 24.0 Å². The first kappa shape index (κ1) is 21.2. The summed E-state index contributed by atoms with van der Waals surface area (Å²) < 4.78 is 11.7. The Balaban J connectivity index is 1.70. The molecule has 1 saturated heterocycles. The van der Waals surface area contributed by atoms with E-state index in [0.717, 1.165) is 32.1 Å². The number of hydrogen-bond donors (Lipinski definition) is 0. The van der Waals surface area contributed by atoms with Crippen LogP contribution in [0, 0.1) is 0 Å². The number of carbonyl (C=O) groups is 2. The van der Waals surface area contributed by atoms with Crippen LogP contribution in [-0.4, -0.2) is 60.5 Å². The van der Waals surface area contributed by atoms with Crippen molar-refractivity contribution in [1.82, 2.24) is 9.80 Å². The van der Waals surface area contributed by atoms with E-state index in [2.05, 4.69) is 19.1 Å². The first-order valence-electron chi connectivity index (χ1n) is 10.6. The van der Waals surface area contributed by atoms with E-state index < -0.39 is 0 Å². The molecule has 29 heavy (non-hydrogen) atoms. The zero-order valence-electron chi connectivity index (χ0n) is 17.7. The Bertz CT molecular complexity index is 753. The second kappa shape index (κ2) is 9.81. The zero-order valence-corrected chi connectivity index (χ0v) is 17.7. The number of carbonyl (C=O) groups excluding carboxylic acids is 2. The van der Waals surface area contributed by atoms with Gasteiger partial charge in [-0.05, 0) is 24.6 Å². The van der Waals surface area contributed by atoms with E-state index in [1.807, 2.05) is 15.9 Å². The van der Waals surface area contributed by atoms with Crippen LogP contribution in [0.25, 0.3) is 0 Å². The summed E-state index contributed by atoms with van der Waals surface area (Å²) in [5, 5.41) is 0. The third-order valence-corrected chi connectivity index (χ3v) is 5.77. The van der Waals surface area contributed by atoms with Gasteiger partial charge in [0, 0.05) is 45.0 Å². The fourth-order valence-corrected chi connectivity index (χ4v) is 4.01. The van der Waals surface area contributed by atoms with Gasteiger partial charge >= 0.3 is 0 Å². The molecule has 2 amide bonds. The Hall–Kier alpha value is -2.50. The summed E-state index contributed by atoms with van der Waals surface area (Å²) in [5.41, 5.74) is 0.618. The average Bonchev–Trinajstić information content (AvgIpc) is 3.20. The largest absolute Gasteiger partial charge is 0.493 e. The summed E-state index contributed by atoms with van der Waals surface area (Å²) in [6, 6.07) is 5.58. The maximum Gasteiger partial charge on any atom is 0.254 e. The van der Waals surface area contributed by atoms with Crippen LogP contribution in [0.4, 0.5) is 0 Å². The molecule has 0 aromatic heterocycles. The van der Waals surface area contributed by atoms with Crippen LogP contribution < -0.4 is 9.47 Å². The number of hydrogen-bond acceptors (Lipinski definition) is 4. The quantitative estimate of drug-likeness (QED) is 0.656. The molecule has 0 spiro atoms. The highest BCUT2D eigenvalue weighted by atomic mass is 16.5. The predicted molar refractivity (Wildman–Crippen MR) is 112 cm³/mol. The second-order valence-electron chi connectivity index (χ2n) is 7.78. The van der Waals surface area contributed by atoms with Crippen molar-refractivity contribution < 1.29 is 19.1 Å². The fraction of sp³-hybridized carbons (Fsp3) is 0.565. The molecule has 1 fully saturated rings. The zero-order chi connectivity index (χ0) is 20.8. The summed E-state index contributed by atoms with van der Waals surface area (Å²) >= 11 is 0. The van der Waals surface area contributed by atoms with Crippen molar-refractivity contribution in [1.29, 1.82) is 0 Å². The van der Waals surface area contributed by atoms with E-state index in [9.17, 15) is 9.59 Å². The van der Waals surface area contributed by atoms with Crippen LogP contribution in [0.3, 0.4) is 0 Å². The van der Waals surface area contributed by atoms with Crippen molar-refractivity contribution in [3.63, 3.8) is 0 Å². The van der Waals surface area contributed by atoms with Gasteiger partial charge in [0.05, 0.1) is 13.2 Å². The van der Waals surface area contributed by atoms with Gasteiger partial charge in [0.1, 0.15) is 6.10 Å². The first-order valence-corrected chi connectivity index (χ1v) is 10.6. The van der Waals surface area contributed by atoms with Crippen molar-refractivity contribution >= 4 is 11.8 Å². The van der Waals surface area contributed by atoms with E-state index >= 15 is 0 Å². The van der Waals surface area contributed by atoms with Gasteiger partial charge in [-0.1, -0.05) is 31.9 Å². The molecular weight excluding hydrogens is 368 g/mol. The van der Waals surface area contributed by atoms with Gasteiger partial charge in [-0.25, -0.2) is 0 Å². The molecule has 1 aromatic rings. The summed E-state index contributed by atoms with van der Waals surface area (Å²) in [5.74, 6) is 1.34. The molecule has 2 aliphatic rings. The van der Waals surface area contributed by atoms with Crippen molar-refractivity contribution in [2.75, 3.05) is 26.7 Å². The molecule has 158 valence electrons. The van der Waals surface area contributed by atoms with Gasteiger partial charge in [0.25, 0.3) is 5.91 Å². The van der Waals surface area contributed by atoms with E-state index in [1.54, 1.807) is 26.2 Å². The highest BCUT2D eigenvalue weighted by Crippen LogP contribution is 2.32. The molecule has 0 aliphatic carbocycles. The third kappa shape index (κ3) is 5.11. The van der Waals surface area contributed by atoms with Gasteiger partial charge in [-0.15, -0.1) is 0 Å². The maximum absolute atomic E-state index is 13.1. The van der Waals surface area contributed by atoms with Crippen LogP contribution in [0.15, 0.2) is 30.4 Å². The van der Waals surface area contributed by atoms with Gasteiger partial charge in [0.2, 0.25) is 5.91 Å². The predicted octanol–water partition coefficient (Wildman–Crippen LogP) is 3.66. The normalized spacial score (nSPS) is 19.5. The number of nitrogens with zero attached hydrogens (tertiary/aromatic N) is 2. The molecule has 1 atom stereocenters. The van der Waals surface area contributed by atoms with Crippen molar-refractivity contribution in [2.24, 2.45) is 0 Å². The lowest BCUT2D eigenvalue weighted by atomic mass is 10.1. The Morgan fingerprint density at radius 3 is 2.59 bits per heavy atom. The summed E-state index contributed by atoms with van der Waals surface area (Å²) in [6.45, 7) is 5.80. The Morgan fingerprint density at radius 2 is 1.93 bits per heavy atom. The minimum Gasteiger partial charge on any atom is -0.493 e. The topological polar surface area (TPSA) is 59.1 Å².